The van der Waals surface area contributed by atoms with Crippen LogP contribution in [0.2, 0.25) is 5.02 Å². The van der Waals surface area contributed by atoms with E-state index < -0.39 is 87.9 Å². The Morgan fingerprint density at radius 1 is 1.00 bits per heavy atom. The molecule has 0 saturated carbocycles. The van der Waals surface area contributed by atoms with Gasteiger partial charge in [-0.1, -0.05) is 56.6 Å². The summed E-state index contributed by atoms with van der Waals surface area (Å²) in [5.41, 5.74) is -2.05. The second-order valence-electron chi connectivity index (χ2n) is 18.4. The molecule has 0 spiro atoms. The van der Waals surface area contributed by atoms with Gasteiger partial charge in [-0.15, -0.1) is 11.6 Å². The minimum Gasteiger partial charge on any atom is -0.495 e. The summed E-state index contributed by atoms with van der Waals surface area (Å²) in [5, 5.41) is 18.9. The van der Waals surface area contributed by atoms with Gasteiger partial charge >= 0.3 is 24.0 Å². The second-order valence-corrected chi connectivity index (χ2v) is 19.3. The van der Waals surface area contributed by atoms with Gasteiger partial charge < -0.3 is 44.7 Å². The van der Waals surface area contributed by atoms with Crippen molar-refractivity contribution >= 4 is 59.0 Å². The molecular weight excluding hydrogens is 857 g/mol. The Morgan fingerprint density at radius 2 is 1.65 bits per heavy atom. The van der Waals surface area contributed by atoms with Crippen LogP contribution in [0.5, 0.6) is 11.5 Å². The van der Waals surface area contributed by atoms with Gasteiger partial charge in [0.15, 0.2) is 6.10 Å². The van der Waals surface area contributed by atoms with Gasteiger partial charge in [0.25, 0.3) is 0 Å². The minimum absolute atomic E-state index is 0.0467. The van der Waals surface area contributed by atoms with Crippen LogP contribution in [0.3, 0.4) is 0 Å². The highest BCUT2D eigenvalue weighted by molar-refractivity contribution is 6.32. The molecule has 3 rings (SSSR count). The average Bonchev–Trinajstić information content (AvgIpc) is 3.19. The molecule has 2 aromatic rings. The Morgan fingerprint density at radius 3 is 2.24 bits per heavy atom. The summed E-state index contributed by atoms with van der Waals surface area (Å²) in [6.45, 7) is 16.6. The maximum Gasteiger partial charge on any atom is 0.407 e. The number of hydrogen-bond donors (Lipinski definition) is 4. The van der Waals surface area contributed by atoms with Gasteiger partial charge in [-0.3, -0.25) is 19.2 Å². The molecule has 4 N–H and O–H groups in total. The molecule has 348 valence electrons. The van der Waals surface area contributed by atoms with Crippen molar-refractivity contribution < 1.29 is 57.6 Å². The summed E-state index contributed by atoms with van der Waals surface area (Å²) in [6, 6.07) is 10.1. The molecule has 63 heavy (non-hydrogen) atoms. The molecule has 0 saturated heterocycles. The molecule has 0 fully saturated rings. The van der Waals surface area contributed by atoms with E-state index in [2.05, 4.69) is 16.0 Å². The maximum absolute atomic E-state index is 13.8. The number of aliphatic hydroxyl groups excluding tert-OH is 1. The Kier molecular flexibility index (Phi) is 18.9. The monoisotopic (exact) mass is 919 g/mol. The lowest BCUT2D eigenvalue weighted by atomic mass is 9.90. The number of carbonyl (C=O) groups is 6. The van der Waals surface area contributed by atoms with E-state index in [0.29, 0.717) is 21.9 Å². The van der Waals surface area contributed by atoms with Gasteiger partial charge in [-0.05, 0) is 102 Å². The van der Waals surface area contributed by atoms with Gasteiger partial charge in [0.1, 0.15) is 29.2 Å². The number of nitrogens with one attached hydrogen (secondary N) is 3. The predicted molar refractivity (Wildman–Crippen MR) is 237 cm³/mol. The number of rotatable bonds is 13. The number of aliphatic hydroxyl groups is 1. The van der Waals surface area contributed by atoms with E-state index >= 15 is 0 Å². The van der Waals surface area contributed by atoms with E-state index in [0.717, 1.165) is 0 Å². The van der Waals surface area contributed by atoms with E-state index in [9.17, 15) is 33.9 Å². The first-order valence-electron chi connectivity index (χ1n) is 20.8. The fourth-order valence-corrected chi connectivity index (χ4v) is 6.80. The van der Waals surface area contributed by atoms with E-state index in [1.807, 2.05) is 13.8 Å². The third kappa shape index (κ3) is 16.3. The van der Waals surface area contributed by atoms with Crippen molar-refractivity contribution in [2.75, 3.05) is 20.2 Å². The lowest BCUT2D eigenvalue weighted by Gasteiger charge is -2.32. The first-order valence-corrected chi connectivity index (χ1v) is 21.6. The Hall–Kier alpha value is -4.86. The number of ether oxygens (including phenoxy) is 5. The number of alkyl halides is 1. The molecule has 0 aromatic heterocycles. The quantitative estimate of drug-likeness (QED) is 0.0711. The molecule has 15 nitrogen and oxygen atoms in total. The molecule has 1 aliphatic rings. The number of cyclic esters (lactones) is 2. The third-order valence-electron chi connectivity index (χ3n) is 10.1. The van der Waals surface area contributed by atoms with Crippen LogP contribution in [0.4, 0.5) is 4.79 Å². The molecule has 0 unspecified atom stereocenters. The largest absolute Gasteiger partial charge is 0.495 e. The van der Waals surface area contributed by atoms with Crippen molar-refractivity contribution in [3.05, 3.63) is 70.8 Å². The minimum atomic E-state index is -1.34. The van der Waals surface area contributed by atoms with Crippen LogP contribution in [0, 0.1) is 22.7 Å². The molecule has 3 amide bonds. The molecule has 1 heterocycles. The first kappa shape index (κ1) is 52.5. The Balaban J connectivity index is 1.86. The molecule has 0 radical (unpaired) electrons. The Labute approximate surface area is 380 Å². The molecule has 1 aliphatic heterocycles. The van der Waals surface area contributed by atoms with Crippen LogP contribution in [0.25, 0.3) is 0 Å². The number of carbonyl (C=O) groups excluding carboxylic acids is 6. The lowest BCUT2D eigenvalue weighted by Crippen LogP contribution is -2.51. The van der Waals surface area contributed by atoms with Crippen LogP contribution in [-0.4, -0.2) is 91.1 Å². The first-order chi connectivity index (χ1) is 29.2. The SMILES string of the molecule is COc1ccc(C[C@H]2NC(=O)/C=C/C[C@@H]([C@H](C)[C@@H](O)[C@@H](Cl)c3ccc(OC(=O)C(C)(C)CNC(=O)OC(C)(C)C)cc3)OC(=O)[C@H](CC(C)C)OC(=O)C(C)(C)CNC2=O)cc1Cl. The van der Waals surface area contributed by atoms with Crippen LogP contribution in [0.1, 0.15) is 98.6 Å². The number of alkyl carbamates (subject to hydrolysis) is 1. The number of halogens is 2. The highest BCUT2D eigenvalue weighted by Gasteiger charge is 2.39. The van der Waals surface area contributed by atoms with Gasteiger partial charge in [0, 0.05) is 31.8 Å². The fraction of sp³-hybridized carbons (Fsp3) is 0.565. The fourth-order valence-electron chi connectivity index (χ4n) is 6.15. The van der Waals surface area contributed by atoms with Gasteiger partial charge in [0.05, 0.1) is 34.4 Å². The zero-order valence-electron chi connectivity index (χ0n) is 38.0. The van der Waals surface area contributed by atoms with E-state index in [1.54, 1.807) is 85.7 Å². The van der Waals surface area contributed by atoms with Crippen LogP contribution in [0.15, 0.2) is 54.6 Å². The molecule has 6 atom stereocenters. The molecule has 2 aromatic carbocycles. The van der Waals surface area contributed by atoms with E-state index in [1.165, 1.54) is 31.4 Å². The maximum atomic E-state index is 13.8. The highest BCUT2D eigenvalue weighted by Crippen LogP contribution is 2.34. The summed E-state index contributed by atoms with van der Waals surface area (Å²) >= 11 is 13.2. The smallest absolute Gasteiger partial charge is 0.407 e. The zero-order chi connectivity index (χ0) is 47.4. The number of esters is 3. The highest BCUT2D eigenvalue weighted by atomic mass is 35.5. The average molecular weight is 921 g/mol. The zero-order valence-corrected chi connectivity index (χ0v) is 39.5. The van der Waals surface area contributed by atoms with Gasteiger partial charge in [0.2, 0.25) is 11.8 Å². The van der Waals surface area contributed by atoms with Crippen LogP contribution in [-0.2, 0) is 44.6 Å². The van der Waals surface area contributed by atoms with Crippen molar-refractivity contribution in [3.8, 4) is 11.5 Å². The summed E-state index contributed by atoms with van der Waals surface area (Å²) in [7, 11) is 1.47. The molecule has 0 bridgehead atoms. The second kappa shape index (κ2) is 22.7. The van der Waals surface area contributed by atoms with Crippen molar-refractivity contribution in [2.45, 2.75) is 124 Å². The molecule has 17 heteroatoms. The topological polar surface area (TPSA) is 205 Å². The number of amides is 3. The standard InChI is InChI=1S/C46H63Cl2N3O12/c1-26(2)21-35-40(55)61-33(27(3)38(53)37(48)29-16-18-30(19-17-29)60-41(56)46(9,10)25-50-43(58)63-44(4,5)6)13-12-14-36(52)51-32(23-28-15-20-34(59-11)31(47)22-28)39(54)49-24-45(7,8)42(57)62-35/h12,14-20,22,26-27,32-33,35,37-38,53H,13,21,23-25H2,1-11H3,(H,49,54)(H,50,58)(H,51,52)/b14-12+/t27-,32+,33-,35-,37-,38+/m0/s1. The number of methoxy groups -OCH3 is 1. The summed E-state index contributed by atoms with van der Waals surface area (Å²) < 4.78 is 27.8. The third-order valence-corrected chi connectivity index (χ3v) is 10.9. The summed E-state index contributed by atoms with van der Waals surface area (Å²) in [6.07, 6.45) is -1.67. The van der Waals surface area contributed by atoms with Crippen molar-refractivity contribution in [2.24, 2.45) is 22.7 Å². The normalized spacial score (nSPS) is 21.1. The number of benzene rings is 2. The lowest BCUT2D eigenvalue weighted by molar-refractivity contribution is -0.180. The summed E-state index contributed by atoms with van der Waals surface area (Å²) in [4.78, 5) is 79.5. The summed E-state index contributed by atoms with van der Waals surface area (Å²) in [5.74, 6) is -3.76. The Bertz CT molecular complexity index is 1960. The van der Waals surface area contributed by atoms with Crippen molar-refractivity contribution in [1.29, 1.82) is 0 Å². The van der Waals surface area contributed by atoms with Crippen molar-refractivity contribution in [3.63, 3.8) is 0 Å². The molecule has 0 aliphatic carbocycles. The number of hydrogen-bond acceptors (Lipinski definition) is 12. The molecular formula is C46H63Cl2N3O12. The van der Waals surface area contributed by atoms with E-state index in [4.69, 9.17) is 46.9 Å². The van der Waals surface area contributed by atoms with Gasteiger partial charge in [-0.2, -0.15) is 0 Å². The van der Waals surface area contributed by atoms with Gasteiger partial charge in [-0.25, -0.2) is 9.59 Å². The van der Waals surface area contributed by atoms with Crippen LogP contribution < -0.4 is 25.4 Å². The van der Waals surface area contributed by atoms with E-state index in [-0.39, 0.29) is 44.0 Å². The van der Waals surface area contributed by atoms with Crippen LogP contribution >= 0.6 is 23.2 Å². The predicted octanol–water partition coefficient (Wildman–Crippen LogP) is 6.78. The van der Waals surface area contributed by atoms with Crippen molar-refractivity contribution in [1.82, 2.24) is 16.0 Å².